The molecule has 1 aliphatic rings. The van der Waals surface area contributed by atoms with Crippen LogP contribution in [-0.2, 0) is 20.0 Å². The van der Waals surface area contributed by atoms with Gasteiger partial charge < -0.3 is 0 Å². The van der Waals surface area contributed by atoms with Crippen LogP contribution in [-0.4, -0.2) is 51.6 Å². The molecule has 0 radical (unpaired) electrons. The zero-order chi connectivity index (χ0) is 21.8. The summed E-state index contributed by atoms with van der Waals surface area (Å²) in [6.07, 6.45) is 6.81. The van der Waals surface area contributed by atoms with Gasteiger partial charge in [0.1, 0.15) is 0 Å². The molecule has 3 rings (SSSR count). The van der Waals surface area contributed by atoms with E-state index in [9.17, 15) is 16.8 Å². The molecule has 0 aromatic heterocycles. The van der Waals surface area contributed by atoms with Crippen LogP contribution in [0.4, 0.5) is 0 Å². The van der Waals surface area contributed by atoms with Crippen molar-refractivity contribution in [2.24, 2.45) is 0 Å². The molecule has 8 heteroatoms. The van der Waals surface area contributed by atoms with Gasteiger partial charge in [-0.1, -0.05) is 60.7 Å². The van der Waals surface area contributed by atoms with Crippen LogP contribution in [0.1, 0.15) is 11.1 Å². The summed E-state index contributed by atoms with van der Waals surface area (Å²) in [5.74, 6) is 0. The quantitative estimate of drug-likeness (QED) is 0.677. The molecule has 0 N–H and O–H groups in total. The Morgan fingerprint density at radius 2 is 0.867 bits per heavy atom. The Kier molecular flexibility index (Phi) is 6.92. The fraction of sp³-hybridized carbons (Fsp3) is 0.273. The standard InChI is InChI=1S/C22H26N2O4S2/c1-19-11-3-5-13-21(19)29(25,26)23-15-7-9-17-24(18-10-8-16-23)30(27,28)22-14-6-4-12-20(22)2/h3-14H,15-18H2,1-2H3/b9-7-,10-8-. The Morgan fingerprint density at radius 3 is 1.17 bits per heavy atom. The molecule has 0 amide bonds. The van der Waals surface area contributed by atoms with Gasteiger partial charge in [-0.05, 0) is 37.1 Å². The number of benzene rings is 2. The Balaban J connectivity index is 1.82. The minimum absolute atomic E-state index is 0.166. The number of rotatable bonds is 4. The van der Waals surface area contributed by atoms with Gasteiger partial charge in [-0.15, -0.1) is 0 Å². The molecule has 30 heavy (non-hydrogen) atoms. The monoisotopic (exact) mass is 446 g/mol. The van der Waals surface area contributed by atoms with Crippen LogP contribution in [0.15, 0.2) is 82.6 Å². The molecule has 2 aromatic rings. The summed E-state index contributed by atoms with van der Waals surface area (Å²) in [5.41, 5.74) is 1.39. The molecule has 6 nitrogen and oxygen atoms in total. The van der Waals surface area contributed by atoms with E-state index < -0.39 is 20.0 Å². The van der Waals surface area contributed by atoms with Crippen LogP contribution in [0.3, 0.4) is 0 Å². The van der Waals surface area contributed by atoms with Crippen LogP contribution in [0.25, 0.3) is 0 Å². The maximum absolute atomic E-state index is 13.1. The highest BCUT2D eigenvalue weighted by atomic mass is 32.2. The fourth-order valence-electron chi connectivity index (χ4n) is 3.28. The Labute approximate surface area is 179 Å². The Hall–Kier alpha value is -2.26. The molecule has 0 spiro atoms. The van der Waals surface area contributed by atoms with E-state index in [1.165, 1.54) is 8.61 Å². The fourth-order valence-corrected chi connectivity index (χ4v) is 6.42. The highest BCUT2D eigenvalue weighted by Crippen LogP contribution is 2.21. The average molecular weight is 447 g/mol. The second kappa shape index (κ2) is 9.26. The first-order valence-corrected chi connectivity index (χ1v) is 12.5. The van der Waals surface area contributed by atoms with Gasteiger partial charge in [0, 0.05) is 26.2 Å². The number of sulfonamides is 2. The lowest BCUT2D eigenvalue weighted by molar-refractivity contribution is 0.457. The van der Waals surface area contributed by atoms with E-state index in [4.69, 9.17) is 0 Å². The number of hydrogen-bond acceptors (Lipinski definition) is 4. The zero-order valence-electron chi connectivity index (χ0n) is 17.1. The maximum atomic E-state index is 13.1. The molecule has 0 fully saturated rings. The van der Waals surface area contributed by atoms with E-state index in [-0.39, 0.29) is 36.0 Å². The van der Waals surface area contributed by atoms with Crippen molar-refractivity contribution in [3.63, 3.8) is 0 Å². The summed E-state index contributed by atoms with van der Waals surface area (Å²) >= 11 is 0. The summed E-state index contributed by atoms with van der Waals surface area (Å²) in [5, 5.41) is 0. The number of hydrogen-bond donors (Lipinski definition) is 0. The second-order valence-corrected chi connectivity index (χ2v) is 10.9. The van der Waals surface area contributed by atoms with Gasteiger partial charge in [0.25, 0.3) is 0 Å². The molecule has 0 bridgehead atoms. The smallest absolute Gasteiger partial charge is 0.207 e. The van der Waals surface area contributed by atoms with Crippen molar-refractivity contribution >= 4 is 20.0 Å². The van der Waals surface area contributed by atoms with Crippen LogP contribution < -0.4 is 0 Å². The summed E-state index contributed by atoms with van der Waals surface area (Å²) in [4.78, 5) is 0.570. The maximum Gasteiger partial charge on any atom is 0.243 e. The Bertz CT molecular complexity index is 1060. The van der Waals surface area contributed by atoms with Gasteiger partial charge in [0.2, 0.25) is 20.0 Å². The molecule has 1 aliphatic heterocycles. The molecule has 0 atom stereocenters. The largest absolute Gasteiger partial charge is 0.243 e. The SMILES string of the molecule is Cc1ccccc1S(=O)(=O)N1C/C=C\CN(S(=O)(=O)c2ccccc2C)C/C=C\C1. The first kappa shape index (κ1) is 22.4. The van der Waals surface area contributed by atoms with E-state index in [2.05, 4.69) is 0 Å². The third-order valence-electron chi connectivity index (χ3n) is 4.99. The molecule has 0 saturated carbocycles. The Morgan fingerprint density at radius 1 is 0.567 bits per heavy atom. The third kappa shape index (κ3) is 4.73. The van der Waals surface area contributed by atoms with Crippen LogP contribution >= 0.6 is 0 Å². The first-order valence-electron chi connectivity index (χ1n) is 9.66. The van der Waals surface area contributed by atoms with Crippen molar-refractivity contribution in [2.45, 2.75) is 23.6 Å². The molecule has 0 saturated heterocycles. The van der Waals surface area contributed by atoms with Crippen LogP contribution in [0.2, 0.25) is 0 Å². The van der Waals surface area contributed by atoms with Gasteiger partial charge in [-0.3, -0.25) is 0 Å². The van der Waals surface area contributed by atoms with Crippen LogP contribution in [0.5, 0.6) is 0 Å². The lowest BCUT2D eigenvalue weighted by Crippen LogP contribution is -2.35. The molecule has 2 aromatic carbocycles. The number of aryl methyl sites for hydroxylation is 2. The summed E-state index contributed by atoms with van der Waals surface area (Å²) < 4.78 is 55.0. The molecule has 0 aliphatic carbocycles. The predicted molar refractivity (Wildman–Crippen MR) is 118 cm³/mol. The molecule has 1 heterocycles. The minimum atomic E-state index is -3.65. The van der Waals surface area contributed by atoms with Gasteiger partial charge in [0.05, 0.1) is 9.79 Å². The third-order valence-corrected chi connectivity index (χ3v) is 8.98. The molecular formula is C22H26N2O4S2. The van der Waals surface area contributed by atoms with Gasteiger partial charge in [0.15, 0.2) is 0 Å². The zero-order valence-corrected chi connectivity index (χ0v) is 18.7. The van der Waals surface area contributed by atoms with Crippen molar-refractivity contribution in [3.8, 4) is 0 Å². The van der Waals surface area contributed by atoms with Crippen molar-refractivity contribution in [1.29, 1.82) is 0 Å². The highest BCUT2D eigenvalue weighted by molar-refractivity contribution is 7.89. The van der Waals surface area contributed by atoms with E-state index >= 15 is 0 Å². The number of nitrogens with zero attached hydrogens (tertiary/aromatic N) is 2. The van der Waals surface area contributed by atoms with Gasteiger partial charge in [-0.2, -0.15) is 8.61 Å². The van der Waals surface area contributed by atoms with Crippen molar-refractivity contribution < 1.29 is 16.8 Å². The van der Waals surface area contributed by atoms with Crippen molar-refractivity contribution in [2.75, 3.05) is 26.2 Å². The van der Waals surface area contributed by atoms with Crippen molar-refractivity contribution in [3.05, 3.63) is 84.0 Å². The molecular weight excluding hydrogens is 420 g/mol. The molecule has 160 valence electrons. The normalized spacial score (nSPS) is 19.3. The summed E-state index contributed by atoms with van der Waals surface area (Å²) in [7, 11) is -7.30. The summed E-state index contributed by atoms with van der Waals surface area (Å²) in [6, 6.07) is 13.8. The van der Waals surface area contributed by atoms with E-state index in [1.807, 2.05) is 0 Å². The lowest BCUT2D eigenvalue weighted by Gasteiger charge is -2.23. The average Bonchev–Trinajstić information content (AvgIpc) is 2.71. The minimum Gasteiger partial charge on any atom is -0.207 e. The topological polar surface area (TPSA) is 74.8 Å². The lowest BCUT2D eigenvalue weighted by atomic mass is 10.2. The van der Waals surface area contributed by atoms with Gasteiger partial charge >= 0.3 is 0 Å². The van der Waals surface area contributed by atoms with E-state index in [0.717, 1.165) is 0 Å². The van der Waals surface area contributed by atoms with Crippen molar-refractivity contribution in [1.82, 2.24) is 8.61 Å². The predicted octanol–water partition coefficient (Wildman–Crippen LogP) is 3.11. The first-order chi connectivity index (χ1) is 14.2. The highest BCUT2D eigenvalue weighted by Gasteiger charge is 2.26. The van der Waals surface area contributed by atoms with E-state index in [1.54, 1.807) is 86.7 Å². The second-order valence-electron chi connectivity index (χ2n) is 7.12. The van der Waals surface area contributed by atoms with Gasteiger partial charge in [-0.25, -0.2) is 16.8 Å². The van der Waals surface area contributed by atoms with E-state index in [0.29, 0.717) is 11.1 Å². The van der Waals surface area contributed by atoms with Crippen LogP contribution in [0, 0.1) is 13.8 Å². The molecule has 0 unspecified atom stereocenters. The summed E-state index contributed by atoms with van der Waals surface area (Å²) in [6.45, 7) is 4.21.